The highest BCUT2D eigenvalue weighted by molar-refractivity contribution is 5.38. The number of aromatic nitrogens is 3. The van der Waals surface area contributed by atoms with Crippen molar-refractivity contribution in [1.29, 1.82) is 0 Å². The second kappa shape index (κ2) is 3.23. The summed E-state index contributed by atoms with van der Waals surface area (Å²) in [7, 11) is 0. The summed E-state index contributed by atoms with van der Waals surface area (Å²) in [6, 6.07) is 0. The third kappa shape index (κ3) is 2.11. The fourth-order valence-corrected chi connectivity index (χ4v) is 0.864. The predicted octanol–water partition coefficient (Wildman–Crippen LogP) is 1.52. The van der Waals surface area contributed by atoms with Crippen molar-refractivity contribution in [3.05, 3.63) is 23.5 Å². The van der Waals surface area contributed by atoms with Gasteiger partial charge in [-0.05, 0) is 26.8 Å². The van der Waals surface area contributed by atoms with Gasteiger partial charge in [-0.3, -0.25) is 0 Å². The number of rotatable bonds is 1. The summed E-state index contributed by atoms with van der Waals surface area (Å²) in [5.41, 5.74) is 0. The van der Waals surface area contributed by atoms with Gasteiger partial charge in [-0.25, -0.2) is 15.0 Å². The molecule has 3 nitrogen and oxygen atoms in total. The monoisotopic (exact) mass is 149 g/mol. The van der Waals surface area contributed by atoms with E-state index in [-0.39, 0.29) is 0 Å². The van der Waals surface area contributed by atoms with Crippen LogP contribution in [0.5, 0.6) is 0 Å². The van der Waals surface area contributed by atoms with Gasteiger partial charge in [-0.1, -0.05) is 6.08 Å². The first kappa shape index (κ1) is 7.85. The molecule has 0 bridgehead atoms. The molecule has 3 heteroatoms. The summed E-state index contributed by atoms with van der Waals surface area (Å²) in [6.45, 7) is 5.66. The lowest BCUT2D eigenvalue weighted by atomic mass is 10.5. The topological polar surface area (TPSA) is 38.7 Å². The molecule has 0 radical (unpaired) electrons. The normalized spacial score (nSPS) is 10.8. The highest BCUT2D eigenvalue weighted by atomic mass is 15.0. The molecule has 0 atom stereocenters. The average molecular weight is 149 g/mol. The van der Waals surface area contributed by atoms with E-state index in [0.29, 0.717) is 0 Å². The quantitative estimate of drug-likeness (QED) is 0.607. The van der Waals surface area contributed by atoms with E-state index in [1.54, 1.807) is 0 Å². The van der Waals surface area contributed by atoms with Gasteiger partial charge in [0.2, 0.25) is 0 Å². The Hall–Kier alpha value is -1.25. The van der Waals surface area contributed by atoms with Crippen LogP contribution in [0.3, 0.4) is 0 Å². The van der Waals surface area contributed by atoms with Gasteiger partial charge >= 0.3 is 0 Å². The van der Waals surface area contributed by atoms with Crippen LogP contribution < -0.4 is 0 Å². The van der Waals surface area contributed by atoms with Gasteiger partial charge in [0.05, 0.1) is 0 Å². The minimum Gasteiger partial charge on any atom is -0.219 e. The van der Waals surface area contributed by atoms with Crippen molar-refractivity contribution in [1.82, 2.24) is 15.0 Å². The second-order valence-electron chi connectivity index (χ2n) is 2.29. The molecule has 1 aromatic heterocycles. The van der Waals surface area contributed by atoms with Crippen LogP contribution >= 0.6 is 0 Å². The van der Waals surface area contributed by atoms with E-state index in [1.807, 2.05) is 32.9 Å². The molecule has 1 rings (SSSR count). The summed E-state index contributed by atoms with van der Waals surface area (Å²) in [6.07, 6.45) is 3.77. The largest absolute Gasteiger partial charge is 0.219 e. The first-order valence-corrected chi connectivity index (χ1v) is 3.54. The molecule has 0 saturated carbocycles. The third-order valence-electron chi connectivity index (χ3n) is 1.19. The first-order valence-electron chi connectivity index (χ1n) is 3.54. The van der Waals surface area contributed by atoms with Crippen molar-refractivity contribution < 1.29 is 0 Å². The molecule has 0 aromatic carbocycles. The number of hydrogen-bond donors (Lipinski definition) is 0. The van der Waals surface area contributed by atoms with E-state index in [4.69, 9.17) is 0 Å². The number of hydrogen-bond acceptors (Lipinski definition) is 3. The lowest BCUT2D eigenvalue weighted by Crippen LogP contribution is -1.97. The minimum atomic E-state index is 0.734. The highest BCUT2D eigenvalue weighted by Gasteiger charge is 1.94. The number of allylic oxidation sites excluding steroid dienone is 1. The Morgan fingerprint density at radius 1 is 1.00 bits per heavy atom. The summed E-state index contributed by atoms with van der Waals surface area (Å²) in [4.78, 5) is 12.3. The van der Waals surface area contributed by atoms with Gasteiger partial charge in [0.25, 0.3) is 0 Å². The Kier molecular flexibility index (Phi) is 2.31. The Morgan fingerprint density at radius 3 is 2.00 bits per heavy atom. The van der Waals surface area contributed by atoms with E-state index in [2.05, 4.69) is 15.0 Å². The van der Waals surface area contributed by atoms with Crippen LogP contribution in [-0.2, 0) is 0 Å². The van der Waals surface area contributed by atoms with Crippen molar-refractivity contribution in [2.75, 3.05) is 0 Å². The first-order chi connectivity index (χ1) is 5.22. The van der Waals surface area contributed by atoms with Gasteiger partial charge in [-0.2, -0.15) is 0 Å². The van der Waals surface area contributed by atoms with Crippen LogP contribution in [0.1, 0.15) is 24.4 Å². The van der Waals surface area contributed by atoms with Gasteiger partial charge < -0.3 is 0 Å². The highest BCUT2D eigenvalue weighted by Crippen LogP contribution is 1.95. The molecule has 0 aliphatic rings. The lowest BCUT2D eigenvalue weighted by molar-refractivity contribution is 0.907. The molecule has 0 fully saturated rings. The lowest BCUT2D eigenvalue weighted by Gasteiger charge is -1.95. The molecule has 58 valence electrons. The maximum atomic E-state index is 4.11. The van der Waals surface area contributed by atoms with Crippen LogP contribution in [0.25, 0.3) is 6.08 Å². The van der Waals surface area contributed by atoms with Crippen molar-refractivity contribution in [3.63, 3.8) is 0 Å². The van der Waals surface area contributed by atoms with Gasteiger partial charge in [0, 0.05) is 0 Å². The van der Waals surface area contributed by atoms with Crippen LogP contribution in [-0.4, -0.2) is 15.0 Å². The molecule has 11 heavy (non-hydrogen) atoms. The standard InChI is InChI=1S/C8H11N3/c1-4-5-8-10-6(2)9-7(3)11-8/h4-5H,1-3H3/b5-4+. The molecule has 0 spiro atoms. The smallest absolute Gasteiger partial charge is 0.155 e. The fourth-order valence-electron chi connectivity index (χ4n) is 0.864. The third-order valence-corrected chi connectivity index (χ3v) is 1.19. The van der Waals surface area contributed by atoms with Crippen molar-refractivity contribution >= 4 is 6.08 Å². The average Bonchev–Trinajstić information content (AvgIpc) is 1.85. The second-order valence-corrected chi connectivity index (χ2v) is 2.29. The van der Waals surface area contributed by atoms with Crippen molar-refractivity contribution in [3.8, 4) is 0 Å². The molecule has 0 aliphatic carbocycles. The van der Waals surface area contributed by atoms with E-state index in [1.165, 1.54) is 0 Å². The Bertz CT molecular complexity index is 258. The molecule has 0 N–H and O–H groups in total. The maximum Gasteiger partial charge on any atom is 0.155 e. The van der Waals surface area contributed by atoms with Crippen LogP contribution in [0.15, 0.2) is 6.08 Å². The van der Waals surface area contributed by atoms with Gasteiger partial charge in [-0.15, -0.1) is 0 Å². The molecular formula is C8H11N3. The predicted molar refractivity (Wildman–Crippen MR) is 44.0 cm³/mol. The zero-order valence-electron chi connectivity index (χ0n) is 7.00. The SMILES string of the molecule is C/C=C/c1nc(C)nc(C)n1. The summed E-state index contributed by atoms with van der Waals surface area (Å²) >= 11 is 0. The van der Waals surface area contributed by atoms with E-state index < -0.39 is 0 Å². The van der Waals surface area contributed by atoms with E-state index in [9.17, 15) is 0 Å². The van der Waals surface area contributed by atoms with Gasteiger partial charge in [0.1, 0.15) is 11.6 Å². The summed E-state index contributed by atoms with van der Waals surface area (Å²) in [5, 5.41) is 0. The Labute approximate surface area is 66.2 Å². The van der Waals surface area contributed by atoms with Crippen LogP contribution in [0.4, 0.5) is 0 Å². The molecule has 1 aromatic rings. The Balaban J connectivity index is 3.08. The van der Waals surface area contributed by atoms with Crippen LogP contribution in [0, 0.1) is 13.8 Å². The fraction of sp³-hybridized carbons (Fsp3) is 0.375. The Morgan fingerprint density at radius 2 is 1.55 bits per heavy atom. The van der Waals surface area contributed by atoms with Crippen molar-refractivity contribution in [2.45, 2.75) is 20.8 Å². The maximum absolute atomic E-state index is 4.11. The summed E-state index contributed by atoms with van der Waals surface area (Å²) in [5.74, 6) is 2.27. The van der Waals surface area contributed by atoms with E-state index in [0.717, 1.165) is 17.5 Å². The minimum absolute atomic E-state index is 0.734. The molecule has 1 heterocycles. The molecular weight excluding hydrogens is 138 g/mol. The van der Waals surface area contributed by atoms with Crippen LogP contribution in [0.2, 0.25) is 0 Å². The zero-order valence-corrected chi connectivity index (χ0v) is 7.00. The van der Waals surface area contributed by atoms with Gasteiger partial charge in [0.15, 0.2) is 5.82 Å². The number of nitrogens with zero attached hydrogens (tertiary/aromatic N) is 3. The molecule has 0 unspecified atom stereocenters. The van der Waals surface area contributed by atoms with E-state index >= 15 is 0 Å². The van der Waals surface area contributed by atoms with Crippen molar-refractivity contribution in [2.24, 2.45) is 0 Å². The molecule has 0 saturated heterocycles. The molecule has 0 aliphatic heterocycles. The number of aryl methyl sites for hydroxylation is 2. The molecule has 0 amide bonds. The zero-order chi connectivity index (χ0) is 8.27. The summed E-state index contributed by atoms with van der Waals surface area (Å²) < 4.78 is 0.